The number of benzene rings is 4. The van der Waals surface area contributed by atoms with Crippen molar-refractivity contribution in [2.24, 2.45) is 5.92 Å². The van der Waals surface area contributed by atoms with Gasteiger partial charge in [0.2, 0.25) is 5.91 Å². The Morgan fingerprint density at radius 1 is 0.826 bits per heavy atom. The molecule has 1 aliphatic carbocycles. The zero-order valence-corrected chi connectivity index (χ0v) is 29.6. The zero-order chi connectivity index (χ0) is 32.5. The molecule has 4 aromatic rings. The van der Waals surface area contributed by atoms with Crippen LogP contribution in [-0.4, -0.2) is 37.8 Å². The van der Waals surface area contributed by atoms with Crippen molar-refractivity contribution in [1.82, 2.24) is 10.2 Å². The molecule has 0 aromatic heterocycles. The van der Waals surface area contributed by atoms with Crippen molar-refractivity contribution >= 4 is 47.8 Å². The van der Waals surface area contributed by atoms with Gasteiger partial charge in [-0.25, -0.2) is 0 Å². The highest BCUT2D eigenvalue weighted by atomic mass is 35.5. The van der Waals surface area contributed by atoms with Crippen LogP contribution in [0.5, 0.6) is 0 Å². The zero-order valence-electron chi connectivity index (χ0n) is 27.1. The van der Waals surface area contributed by atoms with Crippen molar-refractivity contribution in [2.45, 2.75) is 76.2 Å². The van der Waals surface area contributed by atoms with Gasteiger partial charge in [-0.2, -0.15) is 0 Å². The first-order valence-electron chi connectivity index (χ1n) is 16.5. The van der Waals surface area contributed by atoms with Gasteiger partial charge in [0, 0.05) is 10.0 Å². The second kappa shape index (κ2) is 13.7. The van der Waals surface area contributed by atoms with Gasteiger partial charge in [0.1, 0.15) is 0 Å². The van der Waals surface area contributed by atoms with Crippen LogP contribution in [0.2, 0.25) is 15.1 Å². The van der Waals surface area contributed by atoms with E-state index in [0.29, 0.717) is 29.0 Å². The molecule has 2 fully saturated rings. The fourth-order valence-corrected chi connectivity index (χ4v) is 12.3. The molecule has 0 bridgehead atoms. The third-order valence-corrected chi connectivity index (χ3v) is 15.3. The Morgan fingerprint density at radius 3 is 1.96 bits per heavy atom. The largest absolute Gasteiger partial charge is 0.405 e. The number of carbonyl (C=O) groups is 1. The Bertz CT molecular complexity index is 1580. The molecule has 1 heterocycles. The number of amides is 1. The molecule has 1 saturated carbocycles. The van der Waals surface area contributed by atoms with E-state index in [4.69, 9.17) is 27.6 Å². The Kier molecular flexibility index (Phi) is 9.80. The first-order chi connectivity index (χ1) is 22.1. The molecule has 7 heteroatoms. The van der Waals surface area contributed by atoms with E-state index in [1.807, 2.05) is 30.3 Å². The Hall–Kier alpha value is -2.93. The first-order valence-corrected chi connectivity index (χ1v) is 19.1. The van der Waals surface area contributed by atoms with Gasteiger partial charge in [0.25, 0.3) is 8.32 Å². The lowest BCUT2D eigenvalue weighted by Crippen LogP contribution is -2.68. The van der Waals surface area contributed by atoms with Crippen LogP contribution in [0.4, 0.5) is 0 Å². The summed E-state index contributed by atoms with van der Waals surface area (Å²) in [5, 5.41) is 7.41. The summed E-state index contributed by atoms with van der Waals surface area (Å²) in [6.07, 6.45) is 2.85. The number of piperazine rings is 1. The SMILES string of the molecule is CCC1N[C@H](c2cccc(Cl)c2)[C@H](c2ccc(Cl)cc2)N([C@H](CO[Si](c2ccccc2)(c2ccccc2)C(C)(C)C)C2CC2)C1=O. The molecular weight excluding hydrogens is 627 g/mol. The number of carbonyl (C=O) groups excluding carboxylic acids is 1. The summed E-state index contributed by atoms with van der Waals surface area (Å²) >= 11 is 12.9. The van der Waals surface area contributed by atoms with Crippen LogP contribution in [0.1, 0.15) is 70.2 Å². The number of hydrogen-bond donors (Lipinski definition) is 1. The third kappa shape index (κ3) is 6.45. The molecule has 4 aromatic carbocycles. The summed E-state index contributed by atoms with van der Waals surface area (Å²) in [5.41, 5.74) is 2.10. The average Bonchev–Trinajstić information content (AvgIpc) is 3.90. The van der Waals surface area contributed by atoms with Crippen molar-refractivity contribution in [3.63, 3.8) is 0 Å². The van der Waals surface area contributed by atoms with Crippen LogP contribution < -0.4 is 15.7 Å². The molecule has 46 heavy (non-hydrogen) atoms. The van der Waals surface area contributed by atoms with E-state index >= 15 is 0 Å². The van der Waals surface area contributed by atoms with Crippen molar-refractivity contribution in [3.05, 3.63) is 130 Å². The minimum atomic E-state index is -2.83. The van der Waals surface area contributed by atoms with E-state index in [9.17, 15) is 4.79 Å². The van der Waals surface area contributed by atoms with Gasteiger partial charge in [-0.1, -0.05) is 136 Å². The van der Waals surface area contributed by atoms with Gasteiger partial charge in [0.15, 0.2) is 0 Å². The predicted molar refractivity (Wildman–Crippen MR) is 193 cm³/mol. The monoisotopic (exact) mass is 670 g/mol. The number of rotatable bonds is 10. The molecule has 1 amide bonds. The van der Waals surface area contributed by atoms with Crippen LogP contribution in [0.25, 0.3) is 0 Å². The molecule has 4 nitrogen and oxygen atoms in total. The summed E-state index contributed by atoms with van der Waals surface area (Å²) in [4.78, 5) is 16.8. The Balaban J connectivity index is 1.48. The molecule has 1 saturated heterocycles. The Morgan fingerprint density at radius 2 is 1.43 bits per heavy atom. The molecule has 1 N–H and O–H groups in total. The molecule has 0 radical (unpaired) electrons. The molecule has 4 atom stereocenters. The summed E-state index contributed by atoms with van der Waals surface area (Å²) in [6, 6.07) is 36.7. The third-order valence-electron chi connectivity index (χ3n) is 9.79. The van der Waals surface area contributed by atoms with Gasteiger partial charge in [-0.15, -0.1) is 0 Å². The van der Waals surface area contributed by atoms with Crippen LogP contribution in [0.3, 0.4) is 0 Å². The van der Waals surface area contributed by atoms with Crippen LogP contribution in [0, 0.1) is 5.92 Å². The smallest absolute Gasteiger partial charge is 0.261 e. The van der Waals surface area contributed by atoms with Gasteiger partial charge in [-0.05, 0) is 76.0 Å². The van der Waals surface area contributed by atoms with E-state index in [1.165, 1.54) is 10.4 Å². The predicted octanol–water partition coefficient (Wildman–Crippen LogP) is 8.34. The second-order valence-electron chi connectivity index (χ2n) is 13.8. The Labute approximate surface area is 285 Å². The van der Waals surface area contributed by atoms with Crippen molar-refractivity contribution in [1.29, 1.82) is 0 Å². The minimum Gasteiger partial charge on any atom is -0.405 e. The van der Waals surface area contributed by atoms with E-state index in [0.717, 1.165) is 24.0 Å². The number of nitrogens with one attached hydrogen (secondary N) is 1. The lowest BCUT2D eigenvalue weighted by atomic mass is 9.86. The summed E-state index contributed by atoms with van der Waals surface area (Å²) in [6.45, 7) is 9.46. The van der Waals surface area contributed by atoms with Gasteiger partial charge >= 0.3 is 0 Å². The number of hydrogen-bond acceptors (Lipinski definition) is 3. The standard InChI is InChI=1S/C39H44Cl2N2O2Si/c1-5-34-38(44)43(37(28-21-23-30(40)24-22-28)36(42-34)29-13-12-14-31(41)25-29)35(27-19-20-27)26-45-46(39(2,3)4,32-15-8-6-9-16-32)33-17-10-7-11-18-33/h6-18,21-25,27,34-37,42H,5,19-20,26H2,1-4H3/t34?,35-,36-,37+/m1/s1. The maximum Gasteiger partial charge on any atom is 0.261 e. The summed E-state index contributed by atoms with van der Waals surface area (Å²) < 4.78 is 7.55. The molecule has 1 unspecified atom stereocenters. The van der Waals surface area contributed by atoms with Gasteiger partial charge in [-0.3, -0.25) is 10.1 Å². The highest BCUT2D eigenvalue weighted by molar-refractivity contribution is 6.99. The van der Waals surface area contributed by atoms with Crippen molar-refractivity contribution < 1.29 is 9.22 Å². The minimum absolute atomic E-state index is 0.0901. The lowest BCUT2D eigenvalue weighted by molar-refractivity contribution is -0.146. The highest BCUT2D eigenvalue weighted by Crippen LogP contribution is 2.46. The fourth-order valence-electron chi connectivity index (χ4n) is 7.41. The topological polar surface area (TPSA) is 41.6 Å². The average molecular weight is 672 g/mol. The molecule has 240 valence electrons. The quantitative estimate of drug-likeness (QED) is 0.173. The van der Waals surface area contributed by atoms with Crippen molar-refractivity contribution in [3.8, 4) is 0 Å². The van der Waals surface area contributed by atoms with E-state index in [1.54, 1.807) is 0 Å². The number of halogens is 2. The summed E-state index contributed by atoms with van der Waals surface area (Å²) in [5.74, 6) is 0.497. The van der Waals surface area contributed by atoms with Crippen molar-refractivity contribution in [2.75, 3.05) is 6.61 Å². The van der Waals surface area contributed by atoms with Crippen LogP contribution >= 0.6 is 23.2 Å². The van der Waals surface area contributed by atoms with Gasteiger partial charge < -0.3 is 9.33 Å². The van der Waals surface area contributed by atoms with Crippen LogP contribution in [0.15, 0.2) is 109 Å². The van der Waals surface area contributed by atoms with Gasteiger partial charge in [0.05, 0.1) is 30.8 Å². The van der Waals surface area contributed by atoms with E-state index < -0.39 is 8.32 Å². The summed E-state index contributed by atoms with van der Waals surface area (Å²) in [7, 11) is -2.83. The molecule has 0 spiro atoms. The first kappa shape index (κ1) is 33.0. The fraction of sp³-hybridized carbons (Fsp3) is 0.359. The van der Waals surface area contributed by atoms with Crippen LogP contribution in [-0.2, 0) is 9.22 Å². The molecule has 1 aliphatic heterocycles. The molecule has 2 aliphatic rings. The lowest BCUT2D eigenvalue weighted by Gasteiger charge is -2.50. The maximum atomic E-state index is 14.7. The molecular formula is C39H44Cl2N2O2Si. The molecule has 6 rings (SSSR count). The highest BCUT2D eigenvalue weighted by Gasteiger charge is 2.53. The maximum absolute atomic E-state index is 14.7. The van der Waals surface area contributed by atoms with E-state index in [2.05, 4.69) is 117 Å². The normalized spacial score (nSPS) is 21.3. The number of nitrogens with zero attached hydrogens (tertiary/aromatic N) is 1. The van der Waals surface area contributed by atoms with E-state index in [-0.39, 0.29) is 35.1 Å². The second-order valence-corrected chi connectivity index (χ2v) is 19.0.